The highest BCUT2D eigenvalue weighted by molar-refractivity contribution is 5.41. The summed E-state index contributed by atoms with van der Waals surface area (Å²) in [5, 5.41) is 22.0. The molecule has 1 aromatic carbocycles. The van der Waals surface area contributed by atoms with Gasteiger partial charge in [0.1, 0.15) is 11.5 Å². The average molecular weight is 179 g/mol. The number of hydrogen-bond donors (Lipinski definition) is 3. The largest absolute Gasteiger partial charge is 0.508 e. The fraction of sp³-hybridized carbons (Fsp3) is 0.400. The molecular formula is C10H13NO2. The third-order valence-electron chi connectivity index (χ3n) is 2.51. The van der Waals surface area contributed by atoms with E-state index >= 15 is 0 Å². The van der Waals surface area contributed by atoms with Gasteiger partial charge < -0.3 is 15.5 Å². The number of hydrogen-bond acceptors (Lipinski definition) is 3. The smallest absolute Gasteiger partial charge is 0.119 e. The van der Waals surface area contributed by atoms with Crippen LogP contribution < -0.4 is 5.32 Å². The Kier molecular flexibility index (Phi) is 2.10. The summed E-state index contributed by atoms with van der Waals surface area (Å²) in [5.74, 6) is 0.846. The minimum Gasteiger partial charge on any atom is -0.508 e. The molecule has 0 aliphatic carbocycles. The number of nitrogens with one attached hydrogen (secondary N) is 1. The number of benzene rings is 1. The van der Waals surface area contributed by atoms with E-state index in [2.05, 4.69) is 5.32 Å². The molecule has 0 spiro atoms. The van der Waals surface area contributed by atoms with E-state index in [1.54, 1.807) is 12.1 Å². The Labute approximate surface area is 77.0 Å². The van der Waals surface area contributed by atoms with Crippen LogP contribution in [0.1, 0.15) is 17.9 Å². The van der Waals surface area contributed by atoms with Gasteiger partial charge in [0, 0.05) is 18.0 Å². The van der Waals surface area contributed by atoms with E-state index in [-0.39, 0.29) is 11.5 Å². The minimum absolute atomic E-state index is 0.222. The predicted molar refractivity (Wildman–Crippen MR) is 50.0 cm³/mol. The quantitative estimate of drug-likeness (QED) is 0.567. The first-order chi connectivity index (χ1) is 6.27. The molecule has 1 fully saturated rings. The summed E-state index contributed by atoms with van der Waals surface area (Å²) in [6, 6.07) is 4.69. The first-order valence-electron chi connectivity index (χ1n) is 4.50. The molecule has 3 nitrogen and oxygen atoms in total. The van der Waals surface area contributed by atoms with Crippen molar-refractivity contribution < 1.29 is 10.2 Å². The van der Waals surface area contributed by atoms with Crippen molar-refractivity contribution >= 4 is 0 Å². The van der Waals surface area contributed by atoms with Crippen molar-refractivity contribution in [1.82, 2.24) is 5.32 Å². The number of rotatable bonds is 1. The highest BCUT2D eigenvalue weighted by atomic mass is 16.3. The number of phenols is 2. The Bertz CT molecular complexity index is 306. The molecule has 1 aliphatic heterocycles. The van der Waals surface area contributed by atoms with Gasteiger partial charge >= 0.3 is 0 Å². The van der Waals surface area contributed by atoms with Gasteiger partial charge in [-0.15, -0.1) is 0 Å². The molecule has 13 heavy (non-hydrogen) atoms. The first kappa shape index (κ1) is 8.38. The average Bonchev–Trinajstić information content (AvgIpc) is 2.61. The van der Waals surface area contributed by atoms with Gasteiger partial charge in [0.25, 0.3) is 0 Å². The van der Waals surface area contributed by atoms with Crippen LogP contribution in [0.5, 0.6) is 11.5 Å². The summed E-state index contributed by atoms with van der Waals surface area (Å²) in [6.45, 7) is 1.87. The fourth-order valence-corrected chi connectivity index (χ4v) is 1.79. The van der Waals surface area contributed by atoms with Gasteiger partial charge in [0.15, 0.2) is 0 Å². The maximum atomic E-state index is 9.56. The second-order valence-corrected chi connectivity index (χ2v) is 3.43. The molecule has 0 bridgehead atoms. The lowest BCUT2D eigenvalue weighted by molar-refractivity contribution is 0.449. The minimum atomic E-state index is 0.222. The molecule has 1 aliphatic rings. The first-order valence-corrected chi connectivity index (χ1v) is 4.50. The Morgan fingerprint density at radius 2 is 2.15 bits per heavy atom. The SMILES string of the molecule is Oc1ccc(O)c([C@H]2CCNC2)c1. The summed E-state index contributed by atoms with van der Waals surface area (Å²) in [7, 11) is 0. The second kappa shape index (κ2) is 3.26. The Morgan fingerprint density at radius 1 is 1.31 bits per heavy atom. The van der Waals surface area contributed by atoms with Crippen LogP contribution in [0.2, 0.25) is 0 Å². The van der Waals surface area contributed by atoms with Gasteiger partial charge in [-0.1, -0.05) is 0 Å². The van der Waals surface area contributed by atoms with E-state index in [0.717, 1.165) is 25.1 Å². The lowest BCUT2D eigenvalue weighted by Crippen LogP contribution is -2.07. The number of phenolic OH excluding ortho intramolecular Hbond substituents is 2. The molecule has 1 heterocycles. The maximum Gasteiger partial charge on any atom is 0.119 e. The standard InChI is InChI=1S/C10H13NO2/c12-8-1-2-10(13)9(5-8)7-3-4-11-6-7/h1-2,5,7,11-13H,3-4,6H2/t7-/m0/s1. The van der Waals surface area contributed by atoms with Crippen molar-refractivity contribution in [1.29, 1.82) is 0 Å². The van der Waals surface area contributed by atoms with Crippen molar-refractivity contribution in [3.8, 4) is 11.5 Å². The summed E-state index contributed by atoms with van der Waals surface area (Å²) in [5.41, 5.74) is 0.852. The summed E-state index contributed by atoms with van der Waals surface area (Å²) < 4.78 is 0. The molecule has 0 amide bonds. The van der Waals surface area contributed by atoms with Gasteiger partial charge in [0.05, 0.1) is 0 Å². The summed E-state index contributed by atoms with van der Waals surface area (Å²) in [6.07, 6.45) is 1.02. The highest BCUT2D eigenvalue weighted by Crippen LogP contribution is 2.32. The highest BCUT2D eigenvalue weighted by Gasteiger charge is 2.19. The van der Waals surface area contributed by atoms with Crippen LogP contribution >= 0.6 is 0 Å². The molecular weight excluding hydrogens is 166 g/mol. The molecule has 1 atom stereocenters. The molecule has 2 rings (SSSR count). The predicted octanol–water partition coefficient (Wildman–Crippen LogP) is 1.17. The van der Waals surface area contributed by atoms with Crippen LogP contribution in [0, 0.1) is 0 Å². The third kappa shape index (κ3) is 1.60. The van der Waals surface area contributed by atoms with E-state index < -0.39 is 0 Å². The molecule has 0 unspecified atom stereocenters. The molecule has 3 N–H and O–H groups in total. The molecule has 1 aromatic rings. The molecule has 1 saturated heterocycles. The molecule has 0 radical (unpaired) electrons. The van der Waals surface area contributed by atoms with E-state index in [0.29, 0.717) is 5.92 Å². The second-order valence-electron chi connectivity index (χ2n) is 3.43. The summed E-state index contributed by atoms with van der Waals surface area (Å²) >= 11 is 0. The van der Waals surface area contributed by atoms with E-state index in [9.17, 15) is 10.2 Å². The van der Waals surface area contributed by atoms with Crippen LogP contribution in [-0.4, -0.2) is 23.3 Å². The van der Waals surface area contributed by atoms with E-state index in [1.807, 2.05) is 0 Å². The van der Waals surface area contributed by atoms with Crippen molar-refractivity contribution in [2.75, 3.05) is 13.1 Å². The van der Waals surface area contributed by atoms with Gasteiger partial charge in [-0.3, -0.25) is 0 Å². The Morgan fingerprint density at radius 3 is 2.85 bits per heavy atom. The molecule has 3 heteroatoms. The topological polar surface area (TPSA) is 52.5 Å². The Hall–Kier alpha value is -1.22. The van der Waals surface area contributed by atoms with Crippen molar-refractivity contribution in [2.45, 2.75) is 12.3 Å². The van der Waals surface area contributed by atoms with Crippen LogP contribution in [0.4, 0.5) is 0 Å². The zero-order valence-corrected chi connectivity index (χ0v) is 7.33. The third-order valence-corrected chi connectivity index (χ3v) is 2.51. The van der Waals surface area contributed by atoms with Gasteiger partial charge in [0.2, 0.25) is 0 Å². The van der Waals surface area contributed by atoms with Gasteiger partial charge in [-0.2, -0.15) is 0 Å². The lowest BCUT2D eigenvalue weighted by Gasteiger charge is -2.10. The fourth-order valence-electron chi connectivity index (χ4n) is 1.79. The summed E-state index contributed by atoms with van der Waals surface area (Å²) in [4.78, 5) is 0. The van der Waals surface area contributed by atoms with Gasteiger partial charge in [-0.25, -0.2) is 0 Å². The maximum absolute atomic E-state index is 9.56. The molecule has 0 saturated carbocycles. The lowest BCUT2D eigenvalue weighted by atomic mass is 9.97. The van der Waals surface area contributed by atoms with Crippen molar-refractivity contribution in [3.63, 3.8) is 0 Å². The normalized spacial score (nSPS) is 22.0. The van der Waals surface area contributed by atoms with Crippen LogP contribution in [-0.2, 0) is 0 Å². The van der Waals surface area contributed by atoms with Crippen LogP contribution in [0.25, 0.3) is 0 Å². The van der Waals surface area contributed by atoms with Gasteiger partial charge in [-0.05, 0) is 31.2 Å². The zero-order valence-electron chi connectivity index (χ0n) is 7.33. The monoisotopic (exact) mass is 179 g/mol. The van der Waals surface area contributed by atoms with Crippen LogP contribution in [0.3, 0.4) is 0 Å². The molecule has 0 aromatic heterocycles. The van der Waals surface area contributed by atoms with Crippen molar-refractivity contribution in [3.05, 3.63) is 23.8 Å². The Balaban J connectivity index is 2.32. The zero-order chi connectivity index (χ0) is 9.26. The molecule has 70 valence electrons. The van der Waals surface area contributed by atoms with Crippen LogP contribution in [0.15, 0.2) is 18.2 Å². The van der Waals surface area contributed by atoms with E-state index in [4.69, 9.17) is 0 Å². The number of aromatic hydroxyl groups is 2. The van der Waals surface area contributed by atoms with E-state index in [1.165, 1.54) is 6.07 Å². The van der Waals surface area contributed by atoms with Crippen molar-refractivity contribution in [2.24, 2.45) is 0 Å².